The van der Waals surface area contributed by atoms with Gasteiger partial charge in [0.05, 0.1) is 18.5 Å². The molecular formula is C13H22N2O. The molecule has 0 unspecified atom stereocenters. The van der Waals surface area contributed by atoms with Crippen LogP contribution in [0.2, 0.25) is 0 Å². The maximum atomic E-state index is 5.93. The van der Waals surface area contributed by atoms with Crippen molar-refractivity contribution in [3.63, 3.8) is 0 Å². The van der Waals surface area contributed by atoms with Crippen molar-refractivity contribution in [1.29, 1.82) is 0 Å². The third-order valence-electron chi connectivity index (χ3n) is 3.61. The molecule has 1 aromatic carbocycles. The third kappa shape index (κ3) is 2.08. The molecule has 16 heavy (non-hydrogen) atoms. The summed E-state index contributed by atoms with van der Waals surface area (Å²) in [6, 6.07) is 3.95. The summed E-state index contributed by atoms with van der Waals surface area (Å²) in [4.78, 5) is 0. The number of methoxy groups -OCH3 is 1. The van der Waals surface area contributed by atoms with E-state index in [-0.39, 0.29) is 5.41 Å². The van der Waals surface area contributed by atoms with Gasteiger partial charge in [-0.25, -0.2) is 0 Å². The Morgan fingerprint density at radius 3 is 1.88 bits per heavy atom. The van der Waals surface area contributed by atoms with Crippen molar-refractivity contribution in [2.75, 3.05) is 18.6 Å². The Kier molecular flexibility index (Phi) is 3.68. The van der Waals surface area contributed by atoms with Crippen molar-refractivity contribution in [1.82, 2.24) is 0 Å². The topological polar surface area (TPSA) is 61.3 Å². The van der Waals surface area contributed by atoms with Crippen molar-refractivity contribution in [3.05, 3.63) is 17.7 Å². The van der Waals surface area contributed by atoms with Crippen molar-refractivity contribution in [2.24, 2.45) is 0 Å². The number of anilines is 2. The minimum Gasteiger partial charge on any atom is -0.492 e. The van der Waals surface area contributed by atoms with E-state index in [9.17, 15) is 0 Å². The second-order valence-electron chi connectivity index (χ2n) is 4.46. The molecule has 4 N–H and O–H groups in total. The Hall–Kier alpha value is -1.38. The average Bonchev–Trinajstić information content (AvgIpc) is 2.27. The van der Waals surface area contributed by atoms with Crippen molar-refractivity contribution in [3.8, 4) is 5.75 Å². The molecule has 0 bridgehead atoms. The van der Waals surface area contributed by atoms with Crippen molar-refractivity contribution >= 4 is 11.4 Å². The van der Waals surface area contributed by atoms with E-state index in [1.807, 2.05) is 12.1 Å². The molecule has 3 heteroatoms. The fourth-order valence-electron chi connectivity index (χ4n) is 1.92. The lowest BCUT2D eigenvalue weighted by molar-refractivity contribution is 0.416. The van der Waals surface area contributed by atoms with E-state index in [1.54, 1.807) is 7.11 Å². The van der Waals surface area contributed by atoms with Crippen LogP contribution in [0.25, 0.3) is 0 Å². The molecule has 0 amide bonds. The predicted molar refractivity (Wildman–Crippen MR) is 69.8 cm³/mol. The highest BCUT2D eigenvalue weighted by Gasteiger charge is 2.24. The highest BCUT2D eigenvalue weighted by atomic mass is 16.5. The van der Waals surface area contributed by atoms with Crippen LogP contribution in [-0.2, 0) is 5.41 Å². The molecule has 0 aromatic heterocycles. The first-order chi connectivity index (χ1) is 7.48. The maximum Gasteiger partial charge on any atom is 0.164 e. The number of nitrogen functional groups attached to an aromatic ring is 2. The molecule has 3 nitrogen and oxygen atoms in total. The first kappa shape index (κ1) is 12.7. The largest absolute Gasteiger partial charge is 0.492 e. The monoisotopic (exact) mass is 222 g/mol. The molecule has 0 spiro atoms. The second kappa shape index (κ2) is 4.64. The van der Waals surface area contributed by atoms with Gasteiger partial charge in [-0.15, -0.1) is 0 Å². The van der Waals surface area contributed by atoms with Crippen LogP contribution in [0.15, 0.2) is 12.1 Å². The number of ether oxygens (including phenoxy) is 1. The van der Waals surface area contributed by atoms with Gasteiger partial charge in [0.2, 0.25) is 0 Å². The van der Waals surface area contributed by atoms with Crippen molar-refractivity contribution in [2.45, 2.75) is 39.0 Å². The minimum absolute atomic E-state index is 0.133. The summed E-state index contributed by atoms with van der Waals surface area (Å²) in [5, 5.41) is 0. The quantitative estimate of drug-likeness (QED) is 0.770. The lowest BCUT2D eigenvalue weighted by Crippen LogP contribution is -2.20. The van der Waals surface area contributed by atoms with Gasteiger partial charge in [-0.05, 0) is 36.0 Å². The van der Waals surface area contributed by atoms with Crippen LogP contribution in [0.5, 0.6) is 5.75 Å². The van der Waals surface area contributed by atoms with Gasteiger partial charge in [0.25, 0.3) is 0 Å². The van der Waals surface area contributed by atoms with E-state index in [1.165, 1.54) is 5.56 Å². The number of nitrogens with two attached hydrogens (primary N) is 2. The van der Waals surface area contributed by atoms with E-state index in [2.05, 4.69) is 20.8 Å². The molecule has 0 aliphatic heterocycles. The minimum atomic E-state index is 0.133. The van der Waals surface area contributed by atoms with E-state index < -0.39 is 0 Å². The molecule has 1 aromatic rings. The Morgan fingerprint density at radius 2 is 1.56 bits per heavy atom. The fraction of sp³-hybridized carbons (Fsp3) is 0.538. The molecule has 0 atom stereocenters. The third-order valence-corrected chi connectivity index (χ3v) is 3.61. The van der Waals surface area contributed by atoms with E-state index in [0.717, 1.165) is 12.8 Å². The fourth-order valence-corrected chi connectivity index (χ4v) is 1.92. The molecule has 0 saturated heterocycles. The van der Waals surface area contributed by atoms with Crippen LogP contribution in [0.3, 0.4) is 0 Å². The van der Waals surface area contributed by atoms with Gasteiger partial charge in [-0.2, -0.15) is 0 Å². The molecule has 90 valence electrons. The SMILES string of the molecule is CCC(C)(CC)c1cc(N)c(OC)c(N)c1. The highest BCUT2D eigenvalue weighted by Crippen LogP contribution is 2.38. The summed E-state index contributed by atoms with van der Waals surface area (Å²) >= 11 is 0. The van der Waals surface area contributed by atoms with Gasteiger partial charge in [0, 0.05) is 0 Å². The first-order valence-corrected chi connectivity index (χ1v) is 5.72. The summed E-state index contributed by atoms with van der Waals surface area (Å²) < 4.78 is 5.16. The normalized spacial score (nSPS) is 11.5. The molecule has 0 aliphatic carbocycles. The summed E-state index contributed by atoms with van der Waals surface area (Å²) in [6.07, 6.45) is 2.13. The lowest BCUT2D eigenvalue weighted by atomic mass is 9.77. The zero-order chi connectivity index (χ0) is 12.3. The first-order valence-electron chi connectivity index (χ1n) is 5.72. The van der Waals surface area contributed by atoms with Gasteiger partial charge in [-0.1, -0.05) is 20.8 Å². The van der Waals surface area contributed by atoms with Gasteiger partial charge < -0.3 is 16.2 Å². The van der Waals surface area contributed by atoms with E-state index >= 15 is 0 Å². The van der Waals surface area contributed by atoms with Crippen LogP contribution >= 0.6 is 0 Å². The predicted octanol–water partition coefficient (Wildman–Crippen LogP) is 2.94. The summed E-state index contributed by atoms with van der Waals surface area (Å²) in [5.74, 6) is 0.582. The molecular weight excluding hydrogens is 200 g/mol. The Balaban J connectivity index is 3.27. The van der Waals surface area contributed by atoms with Crippen LogP contribution in [0, 0.1) is 0 Å². The zero-order valence-electron chi connectivity index (χ0n) is 10.6. The lowest BCUT2D eigenvalue weighted by Gasteiger charge is -2.28. The maximum absolute atomic E-state index is 5.93. The summed E-state index contributed by atoms with van der Waals surface area (Å²) in [7, 11) is 1.58. The van der Waals surface area contributed by atoms with Gasteiger partial charge in [-0.3, -0.25) is 0 Å². The molecule has 0 aliphatic rings. The smallest absolute Gasteiger partial charge is 0.164 e. The van der Waals surface area contributed by atoms with Crippen LogP contribution in [0.4, 0.5) is 11.4 Å². The number of hydrogen-bond acceptors (Lipinski definition) is 3. The summed E-state index contributed by atoms with van der Waals surface area (Å²) in [5.41, 5.74) is 14.4. The molecule has 0 fully saturated rings. The van der Waals surface area contributed by atoms with E-state index in [4.69, 9.17) is 16.2 Å². The van der Waals surface area contributed by atoms with Gasteiger partial charge >= 0.3 is 0 Å². The molecule has 1 rings (SSSR count). The Bertz CT molecular complexity index is 347. The number of rotatable bonds is 4. The standard InChI is InChI=1S/C13H22N2O/c1-5-13(3,6-2)9-7-10(14)12(16-4)11(15)8-9/h7-8H,5-6,14-15H2,1-4H3. The van der Waals surface area contributed by atoms with Crippen LogP contribution < -0.4 is 16.2 Å². The Labute approximate surface area is 97.8 Å². The zero-order valence-corrected chi connectivity index (χ0v) is 10.6. The van der Waals surface area contributed by atoms with E-state index in [0.29, 0.717) is 17.1 Å². The van der Waals surface area contributed by atoms with Crippen molar-refractivity contribution < 1.29 is 4.74 Å². The average molecular weight is 222 g/mol. The van der Waals surface area contributed by atoms with Gasteiger partial charge in [0.1, 0.15) is 0 Å². The molecule has 0 saturated carbocycles. The Morgan fingerprint density at radius 1 is 1.12 bits per heavy atom. The number of hydrogen-bond donors (Lipinski definition) is 2. The van der Waals surface area contributed by atoms with Gasteiger partial charge in [0.15, 0.2) is 5.75 Å². The molecule has 0 heterocycles. The second-order valence-corrected chi connectivity index (χ2v) is 4.46. The highest BCUT2D eigenvalue weighted by molar-refractivity contribution is 5.69. The molecule has 0 radical (unpaired) electrons. The summed E-state index contributed by atoms with van der Waals surface area (Å²) in [6.45, 7) is 6.59. The van der Waals surface area contributed by atoms with Crippen LogP contribution in [-0.4, -0.2) is 7.11 Å². The number of benzene rings is 1. The van der Waals surface area contributed by atoms with Crippen LogP contribution in [0.1, 0.15) is 39.2 Å².